The van der Waals surface area contributed by atoms with E-state index in [0.717, 1.165) is 12.1 Å². The zero-order valence-corrected chi connectivity index (χ0v) is 37.3. The maximum Gasteiger partial charge on any atom is 0.573 e. The summed E-state index contributed by atoms with van der Waals surface area (Å²) in [6.45, 7) is 8.67. The van der Waals surface area contributed by atoms with Crippen molar-refractivity contribution in [1.82, 2.24) is 20.1 Å². The standard InChI is InChI=1S/C44H58BF3N6O13/c1-32-28-33(2-7-39(32)45(58)59)42(56)49-11-14-60-16-18-62-20-22-64-24-26-66-27-25-65-23-21-63-19-17-61-15-13-54-40(8-10-51-54)38-29-34(30-50-41(38)53-12-9-36(55)31-53)43(57)52-35-3-5-37(6-4-35)67-44(46,47)48/h2-8,10,28-30,36,55,58-59H,9,11-27,31H2,1H3,(H,49,56)(H,52,57)/t36-/m1/s1. The number of ether oxygens (including phenoxy) is 8. The lowest BCUT2D eigenvalue weighted by Gasteiger charge is -2.21. The predicted molar refractivity (Wildman–Crippen MR) is 238 cm³/mol. The minimum absolute atomic E-state index is 0.207. The Labute approximate surface area is 386 Å². The Kier molecular flexibility index (Phi) is 22.2. The molecule has 1 fully saturated rings. The average molecular weight is 947 g/mol. The van der Waals surface area contributed by atoms with Crippen molar-refractivity contribution in [2.24, 2.45) is 0 Å². The first-order valence-corrected chi connectivity index (χ1v) is 21.8. The molecule has 1 atom stereocenters. The molecule has 4 aromatic rings. The highest BCUT2D eigenvalue weighted by atomic mass is 19.4. The summed E-state index contributed by atoms with van der Waals surface area (Å²) in [6.07, 6.45) is -1.74. The van der Waals surface area contributed by atoms with Crippen LogP contribution in [0.15, 0.2) is 67.0 Å². The molecule has 0 unspecified atom stereocenters. The second kappa shape index (κ2) is 28.2. The summed E-state index contributed by atoms with van der Waals surface area (Å²) in [7, 11) is -1.58. The summed E-state index contributed by atoms with van der Waals surface area (Å²) in [5.41, 5.74) is 3.14. The lowest BCUT2D eigenvalue weighted by molar-refractivity contribution is -0.274. The fourth-order valence-corrected chi connectivity index (χ4v) is 6.66. The van der Waals surface area contributed by atoms with Crippen LogP contribution in [0, 0.1) is 6.92 Å². The third-order valence-corrected chi connectivity index (χ3v) is 9.95. The van der Waals surface area contributed by atoms with E-state index < -0.39 is 31.2 Å². The number of carbonyl (C=O) groups is 2. The van der Waals surface area contributed by atoms with Crippen molar-refractivity contribution < 1.29 is 75.8 Å². The van der Waals surface area contributed by atoms with E-state index in [1.807, 2.05) is 4.90 Å². The minimum atomic E-state index is -4.83. The van der Waals surface area contributed by atoms with Gasteiger partial charge in [-0.25, -0.2) is 4.98 Å². The monoisotopic (exact) mass is 946 g/mol. The topological polar surface area (TPSA) is 227 Å². The highest BCUT2D eigenvalue weighted by Crippen LogP contribution is 2.32. The SMILES string of the molecule is Cc1cc(C(=O)NCCOCCOCCOCCOCCOCCOCCOCCn2nccc2-c2cc(C(=O)Nc3ccc(OC(F)(F)F)cc3)cnc2N2CC[C@@H](O)C2)ccc1B(O)O. The molecule has 0 saturated carbocycles. The largest absolute Gasteiger partial charge is 0.573 e. The van der Waals surface area contributed by atoms with Gasteiger partial charge < -0.3 is 68.6 Å². The molecule has 23 heteroatoms. The van der Waals surface area contributed by atoms with Gasteiger partial charge in [-0.05, 0) is 67.3 Å². The average Bonchev–Trinajstić information content (AvgIpc) is 3.96. The number of hydrogen-bond donors (Lipinski definition) is 5. The normalized spacial score (nSPS) is 13.8. The van der Waals surface area contributed by atoms with Crippen molar-refractivity contribution in [2.75, 3.05) is 122 Å². The lowest BCUT2D eigenvalue weighted by atomic mass is 9.77. The number of aryl methyl sites for hydroxylation is 1. The quantitative estimate of drug-likeness (QED) is 0.0360. The number of hydrogen-bond acceptors (Lipinski definition) is 16. The van der Waals surface area contributed by atoms with Crippen LogP contribution < -0.4 is 25.7 Å². The van der Waals surface area contributed by atoms with Crippen LogP contribution >= 0.6 is 0 Å². The number of benzene rings is 2. The Morgan fingerprint density at radius 2 is 1.34 bits per heavy atom. The maximum atomic E-state index is 13.2. The maximum absolute atomic E-state index is 13.2. The second-order valence-corrected chi connectivity index (χ2v) is 14.9. The first-order chi connectivity index (χ1) is 32.4. The summed E-state index contributed by atoms with van der Waals surface area (Å²) in [5, 5.41) is 38.7. The number of anilines is 2. The van der Waals surface area contributed by atoms with Crippen LogP contribution in [0.4, 0.5) is 24.7 Å². The Balaban J connectivity index is 0.860. The number of rotatable bonds is 31. The molecule has 1 saturated heterocycles. The molecule has 0 aliphatic carbocycles. The van der Waals surface area contributed by atoms with Gasteiger partial charge in [-0.3, -0.25) is 14.3 Å². The van der Waals surface area contributed by atoms with E-state index in [9.17, 15) is 37.9 Å². The number of β-amino-alcohol motifs (C(OH)–C–C–N with tert-alkyl or cyclic N) is 1. The smallest absolute Gasteiger partial charge is 0.423 e. The molecule has 1 aliphatic heterocycles. The lowest BCUT2D eigenvalue weighted by Crippen LogP contribution is -2.33. The summed E-state index contributed by atoms with van der Waals surface area (Å²) in [5.74, 6) is -0.642. The van der Waals surface area contributed by atoms with Crippen LogP contribution in [0.25, 0.3) is 11.3 Å². The van der Waals surface area contributed by atoms with Gasteiger partial charge in [-0.15, -0.1) is 13.2 Å². The number of halogens is 3. The third kappa shape index (κ3) is 18.8. The molecule has 2 aromatic carbocycles. The molecule has 3 heterocycles. The molecule has 0 radical (unpaired) electrons. The Morgan fingerprint density at radius 1 is 0.761 bits per heavy atom. The van der Waals surface area contributed by atoms with Gasteiger partial charge in [0.25, 0.3) is 11.8 Å². The highest BCUT2D eigenvalue weighted by Gasteiger charge is 2.31. The number of carbonyl (C=O) groups excluding carboxylic acids is 2. The van der Waals surface area contributed by atoms with Crippen molar-refractivity contribution in [3.05, 3.63) is 83.7 Å². The fraction of sp³-hybridized carbons (Fsp3) is 0.500. The molecule has 5 N–H and O–H groups in total. The Bertz CT molecular complexity index is 2100. The molecule has 0 bridgehead atoms. The molecule has 0 spiro atoms. The van der Waals surface area contributed by atoms with Gasteiger partial charge in [-0.1, -0.05) is 11.6 Å². The molecule has 19 nitrogen and oxygen atoms in total. The zero-order valence-electron chi connectivity index (χ0n) is 37.3. The summed E-state index contributed by atoms with van der Waals surface area (Å²) in [6, 6.07) is 12.9. The zero-order chi connectivity index (χ0) is 47.9. The van der Waals surface area contributed by atoms with E-state index in [1.54, 1.807) is 36.0 Å². The van der Waals surface area contributed by atoms with E-state index >= 15 is 0 Å². The number of aliphatic hydroxyl groups is 1. The van der Waals surface area contributed by atoms with E-state index in [0.29, 0.717) is 159 Å². The number of pyridine rings is 1. The molecule has 1 aliphatic rings. The Morgan fingerprint density at radius 3 is 1.88 bits per heavy atom. The summed E-state index contributed by atoms with van der Waals surface area (Å²) in [4.78, 5) is 32.0. The number of alkyl halides is 3. The van der Waals surface area contributed by atoms with Gasteiger partial charge in [0.1, 0.15) is 11.6 Å². The van der Waals surface area contributed by atoms with Crippen molar-refractivity contribution in [1.29, 1.82) is 0 Å². The van der Waals surface area contributed by atoms with Gasteiger partial charge in [0, 0.05) is 48.8 Å². The van der Waals surface area contributed by atoms with Gasteiger partial charge >= 0.3 is 13.5 Å². The first-order valence-electron chi connectivity index (χ1n) is 21.8. The van der Waals surface area contributed by atoms with Gasteiger partial charge in [0.2, 0.25) is 0 Å². The van der Waals surface area contributed by atoms with Gasteiger partial charge in [0.05, 0.1) is 116 Å². The Hall–Kier alpha value is -5.21. The molecular formula is C44H58BF3N6O13. The van der Waals surface area contributed by atoms with Gasteiger partial charge in [0.15, 0.2) is 0 Å². The van der Waals surface area contributed by atoms with Crippen molar-refractivity contribution >= 4 is 35.9 Å². The highest BCUT2D eigenvalue weighted by molar-refractivity contribution is 6.59. The molecule has 366 valence electrons. The van der Waals surface area contributed by atoms with Crippen molar-refractivity contribution in [2.45, 2.75) is 32.4 Å². The van der Waals surface area contributed by atoms with Crippen molar-refractivity contribution in [3.8, 4) is 17.0 Å². The molecule has 2 aromatic heterocycles. The number of aliphatic hydroxyl groups excluding tert-OH is 1. The number of aromatic nitrogens is 3. The number of nitrogens with zero attached hydrogens (tertiary/aromatic N) is 4. The molecular weight excluding hydrogens is 888 g/mol. The van der Waals surface area contributed by atoms with Crippen LogP contribution in [0.5, 0.6) is 5.75 Å². The fourth-order valence-electron chi connectivity index (χ4n) is 6.66. The second-order valence-electron chi connectivity index (χ2n) is 14.9. The van der Waals surface area contributed by atoms with E-state index in [2.05, 4.69) is 25.5 Å². The van der Waals surface area contributed by atoms with E-state index in [-0.39, 0.29) is 17.2 Å². The van der Waals surface area contributed by atoms with Crippen LogP contribution in [-0.4, -0.2) is 173 Å². The van der Waals surface area contributed by atoms with Crippen LogP contribution in [0.1, 0.15) is 32.7 Å². The minimum Gasteiger partial charge on any atom is -0.423 e. The summed E-state index contributed by atoms with van der Waals surface area (Å²) < 4.78 is 82.2. The third-order valence-electron chi connectivity index (χ3n) is 9.95. The first kappa shape index (κ1) is 52.8. The van der Waals surface area contributed by atoms with Crippen LogP contribution in [0.2, 0.25) is 0 Å². The van der Waals surface area contributed by atoms with Crippen LogP contribution in [-0.2, 0) is 39.7 Å². The van der Waals surface area contributed by atoms with Crippen molar-refractivity contribution in [3.63, 3.8) is 0 Å². The van der Waals surface area contributed by atoms with Crippen LogP contribution in [0.3, 0.4) is 0 Å². The number of nitrogens with one attached hydrogen (secondary N) is 2. The molecule has 67 heavy (non-hydrogen) atoms. The van der Waals surface area contributed by atoms with E-state index in [1.165, 1.54) is 30.5 Å². The molecule has 5 rings (SSSR count). The number of amides is 2. The van der Waals surface area contributed by atoms with Gasteiger partial charge in [-0.2, -0.15) is 5.10 Å². The predicted octanol–water partition coefficient (Wildman–Crippen LogP) is 2.20. The molecule has 2 amide bonds. The summed E-state index contributed by atoms with van der Waals surface area (Å²) >= 11 is 0. The van der Waals surface area contributed by atoms with E-state index in [4.69, 9.17) is 33.2 Å².